The van der Waals surface area contributed by atoms with Crippen molar-refractivity contribution in [2.75, 3.05) is 12.4 Å². The summed E-state index contributed by atoms with van der Waals surface area (Å²) in [4.78, 5) is 18.3. The molecule has 2 heterocycles. The molecule has 8 heteroatoms. The van der Waals surface area contributed by atoms with Gasteiger partial charge in [-0.2, -0.15) is 0 Å². The van der Waals surface area contributed by atoms with Gasteiger partial charge in [-0.25, -0.2) is 4.39 Å². The first-order valence-electron chi connectivity index (χ1n) is 10.4. The van der Waals surface area contributed by atoms with Gasteiger partial charge < -0.3 is 19.8 Å². The molecule has 1 amide bonds. The summed E-state index contributed by atoms with van der Waals surface area (Å²) in [6.45, 7) is 7.70. The van der Waals surface area contributed by atoms with Gasteiger partial charge in [-0.1, -0.05) is 0 Å². The maximum Gasteiger partial charge on any atom is 0.255 e. The molecule has 0 radical (unpaired) electrons. The number of fused-ring (bicyclic) bond motifs is 1. The van der Waals surface area contributed by atoms with Gasteiger partial charge in [0.1, 0.15) is 29.0 Å². The van der Waals surface area contributed by atoms with Gasteiger partial charge in [0.2, 0.25) is 0 Å². The molecule has 1 aromatic heterocycles. The SMILES string of the molecule is CNC(=O)c1c(-c2ccc(F)cc2)oc2cc(NC3=C(C)NOC3C)c(OC(C)C)cc12. The van der Waals surface area contributed by atoms with Crippen LogP contribution in [-0.2, 0) is 4.84 Å². The van der Waals surface area contributed by atoms with E-state index >= 15 is 0 Å². The van der Waals surface area contributed by atoms with Gasteiger partial charge in [0, 0.05) is 24.1 Å². The predicted molar refractivity (Wildman–Crippen MR) is 121 cm³/mol. The molecule has 32 heavy (non-hydrogen) atoms. The Balaban J connectivity index is 1.91. The third-order valence-corrected chi connectivity index (χ3v) is 5.18. The molecule has 0 spiro atoms. The normalized spacial score (nSPS) is 15.9. The average molecular weight is 439 g/mol. The molecule has 1 unspecified atom stereocenters. The van der Waals surface area contributed by atoms with E-state index in [1.165, 1.54) is 12.1 Å². The highest BCUT2D eigenvalue weighted by atomic mass is 19.1. The molecule has 7 nitrogen and oxygen atoms in total. The van der Waals surface area contributed by atoms with Gasteiger partial charge in [0.15, 0.2) is 0 Å². The Morgan fingerprint density at radius 1 is 1.22 bits per heavy atom. The van der Waals surface area contributed by atoms with Crippen LogP contribution in [-0.4, -0.2) is 25.2 Å². The zero-order chi connectivity index (χ0) is 23.0. The Morgan fingerprint density at radius 3 is 2.53 bits per heavy atom. The lowest BCUT2D eigenvalue weighted by molar-refractivity contribution is 0.0499. The lowest BCUT2D eigenvalue weighted by Gasteiger charge is -2.17. The zero-order valence-corrected chi connectivity index (χ0v) is 18.6. The highest BCUT2D eigenvalue weighted by molar-refractivity contribution is 6.12. The summed E-state index contributed by atoms with van der Waals surface area (Å²) in [5.41, 5.74) is 6.75. The number of hydrogen-bond donors (Lipinski definition) is 3. The number of benzene rings is 2. The average Bonchev–Trinajstić information content (AvgIpc) is 3.28. The van der Waals surface area contributed by atoms with Gasteiger partial charge >= 0.3 is 0 Å². The third kappa shape index (κ3) is 4.01. The summed E-state index contributed by atoms with van der Waals surface area (Å²) >= 11 is 0. The van der Waals surface area contributed by atoms with Crippen LogP contribution >= 0.6 is 0 Å². The van der Waals surface area contributed by atoms with E-state index in [0.29, 0.717) is 39.3 Å². The maximum absolute atomic E-state index is 13.5. The van der Waals surface area contributed by atoms with Gasteiger partial charge in [0.05, 0.1) is 28.7 Å². The van der Waals surface area contributed by atoms with Gasteiger partial charge in [-0.15, -0.1) is 0 Å². The third-order valence-electron chi connectivity index (χ3n) is 5.18. The van der Waals surface area contributed by atoms with E-state index in [1.54, 1.807) is 31.3 Å². The van der Waals surface area contributed by atoms with Crippen molar-refractivity contribution >= 4 is 22.6 Å². The van der Waals surface area contributed by atoms with Crippen LogP contribution in [0.1, 0.15) is 38.1 Å². The van der Waals surface area contributed by atoms with Crippen LogP contribution in [0.5, 0.6) is 5.75 Å². The molecule has 0 saturated heterocycles. The molecule has 2 aromatic carbocycles. The second kappa shape index (κ2) is 8.55. The van der Waals surface area contributed by atoms with Crippen LogP contribution in [0, 0.1) is 5.82 Å². The van der Waals surface area contributed by atoms with E-state index in [1.807, 2.05) is 27.7 Å². The van der Waals surface area contributed by atoms with Crippen LogP contribution in [0.15, 0.2) is 52.2 Å². The topological polar surface area (TPSA) is 84.8 Å². The minimum absolute atomic E-state index is 0.0922. The Labute approximate surface area is 185 Å². The molecule has 3 N–H and O–H groups in total. The minimum atomic E-state index is -0.365. The number of amides is 1. The van der Waals surface area contributed by atoms with Gasteiger partial charge in [-0.3, -0.25) is 15.1 Å². The second-order valence-electron chi connectivity index (χ2n) is 7.93. The first kappa shape index (κ1) is 21.7. The van der Waals surface area contributed by atoms with Gasteiger partial charge in [0.25, 0.3) is 5.91 Å². The molecule has 1 aliphatic rings. The van der Waals surface area contributed by atoms with Crippen LogP contribution in [0.4, 0.5) is 10.1 Å². The summed E-state index contributed by atoms with van der Waals surface area (Å²) in [5.74, 6) is 0.264. The summed E-state index contributed by atoms with van der Waals surface area (Å²) in [5, 5.41) is 6.65. The van der Waals surface area contributed by atoms with Crippen molar-refractivity contribution in [3.8, 4) is 17.1 Å². The monoisotopic (exact) mass is 439 g/mol. The number of furan rings is 1. The molecule has 3 aromatic rings. The fraction of sp³-hybridized carbons (Fsp3) is 0.292. The molecular formula is C24H26FN3O4. The van der Waals surface area contributed by atoms with Crippen molar-refractivity contribution < 1.29 is 23.2 Å². The van der Waals surface area contributed by atoms with E-state index in [2.05, 4.69) is 16.1 Å². The van der Waals surface area contributed by atoms with E-state index < -0.39 is 0 Å². The number of rotatable bonds is 6. The van der Waals surface area contributed by atoms with Crippen molar-refractivity contribution in [1.29, 1.82) is 0 Å². The van der Waals surface area contributed by atoms with Crippen LogP contribution in [0.2, 0.25) is 0 Å². The number of carbonyl (C=O) groups is 1. The first-order valence-corrected chi connectivity index (χ1v) is 10.4. The number of nitrogens with one attached hydrogen (secondary N) is 3. The number of carbonyl (C=O) groups excluding carboxylic acids is 1. The van der Waals surface area contributed by atoms with Crippen LogP contribution in [0.25, 0.3) is 22.3 Å². The lowest BCUT2D eigenvalue weighted by atomic mass is 10.0. The first-order chi connectivity index (χ1) is 15.3. The van der Waals surface area contributed by atoms with Crippen molar-refractivity contribution in [2.24, 2.45) is 0 Å². The highest BCUT2D eigenvalue weighted by Gasteiger charge is 2.26. The number of halogens is 1. The molecule has 168 valence electrons. The van der Waals surface area contributed by atoms with Crippen molar-refractivity contribution in [3.63, 3.8) is 0 Å². The van der Waals surface area contributed by atoms with Crippen LogP contribution in [0.3, 0.4) is 0 Å². The minimum Gasteiger partial charge on any atom is -0.489 e. The summed E-state index contributed by atoms with van der Waals surface area (Å²) in [6.07, 6.45) is -0.268. The van der Waals surface area contributed by atoms with Crippen molar-refractivity contribution in [3.05, 3.63) is 59.2 Å². The number of anilines is 1. The fourth-order valence-electron chi connectivity index (χ4n) is 3.66. The van der Waals surface area contributed by atoms with E-state index in [0.717, 1.165) is 11.4 Å². The maximum atomic E-state index is 13.5. The largest absolute Gasteiger partial charge is 0.489 e. The van der Waals surface area contributed by atoms with E-state index in [9.17, 15) is 9.18 Å². The van der Waals surface area contributed by atoms with Gasteiger partial charge in [-0.05, 0) is 58.0 Å². The molecule has 0 aliphatic carbocycles. The lowest BCUT2D eigenvalue weighted by Crippen LogP contribution is -2.18. The molecule has 4 rings (SSSR count). The zero-order valence-electron chi connectivity index (χ0n) is 18.6. The quantitative estimate of drug-likeness (QED) is 0.504. The number of ether oxygens (including phenoxy) is 1. The van der Waals surface area contributed by atoms with Crippen molar-refractivity contribution in [1.82, 2.24) is 10.8 Å². The molecule has 1 aliphatic heterocycles. The summed E-state index contributed by atoms with van der Waals surface area (Å²) in [6, 6.07) is 9.43. The Kier molecular flexibility index (Phi) is 5.80. The standard InChI is InChI=1S/C24H26FN3O4/c1-12(2)30-20-10-17-19(11-18(20)27-22-13(3)28-32-14(22)4)31-23(21(17)24(29)26-5)15-6-8-16(25)9-7-15/h6-12,14,27-28H,1-5H3,(H,26,29). The Bertz CT molecular complexity index is 1200. The molecule has 0 bridgehead atoms. The summed E-state index contributed by atoms with van der Waals surface area (Å²) < 4.78 is 25.7. The summed E-state index contributed by atoms with van der Waals surface area (Å²) in [7, 11) is 1.56. The fourth-order valence-corrected chi connectivity index (χ4v) is 3.66. The smallest absolute Gasteiger partial charge is 0.255 e. The van der Waals surface area contributed by atoms with Crippen LogP contribution < -0.4 is 20.9 Å². The number of hydroxylamine groups is 1. The predicted octanol–water partition coefficient (Wildman–Crippen LogP) is 4.95. The second-order valence-corrected chi connectivity index (χ2v) is 7.93. The molecule has 1 atom stereocenters. The van der Waals surface area contributed by atoms with Crippen molar-refractivity contribution in [2.45, 2.75) is 39.9 Å². The molecular weight excluding hydrogens is 413 g/mol. The molecule has 0 fully saturated rings. The van der Waals surface area contributed by atoms with E-state index in [4.69, 9.17) is 14.0 Å². The Morgan fingerprint density at radius 2 is 1.94 bits per heavy atom. The molecule has 0 saturated carbocycles. The Hall–Kier alpha value is -3.52. The number of allylic oxidation sites excluding steroid dienone is 1. The number of hydrogen-bond acceptors (Lipinski definition) is 6. The highest BCUT2D eigenvalue weighted by Crippen LogP contribution is 2.40. The van der Waals surface area contributed by atoms with E-state index in [-0.39, 0.29) is 23.9 Å².